The lowest BCUT2D eigenvalue weighted by Gasteiger charge is -2.16. The van der Waals surface area contributed by atoms with E-state index in [1.807, 2.05) is 45.9 Å². The van der Waals surface area contributed by atoms with Gasteiger partial charge < -0.3 is 19.5 Å². The van der Waals surface area contributed by atoms with Gasteiger partial charge in [-0.15, -0.1) is 24.0 Å². The van der Waals surface area contributed by atoms with E-state index in [1.54, 1.807) is 0 Å². The second-order valence-corrected chi connectivity index (χ2v) is 5.45. The van der Waals surface area contributed by atoms with E-state index in [2.05, 4.69) is 22.5 Å². The van der Waals surface area contributed by atoms with Crippen molar-refractivity contribution in [3.8, 4) is 0 Å². The molecule has 0 fully saturated rings. The first-order valence-corrected chi connectivity index (χ1v) is 7.66. The first-order valence-electron chi connectivity index (χ1n) is 7.66. The lowest BCUT2D eigenvalue weighted by atomic mass is 10.2. The molecule has 0 aliphatic rings. The minimum absolute atomic E-state index is 0. The van der Waals surface area contributed by atoms with Crippen molar-refractivity contribution >= 4 is 29.9 Å². The van der Waals surface area contributed by atoms with Gasteiger partial charge in [-0.25, -0.2) is 4.99 Å². The third-order valence-electron chi connectivity index (χ3n) is 3.44. The molecule has 2 N–H and O–H groups in total. The SMILES string of the molecule is CCNC(=NCc1cc(C)oc1C)NC(C)c1ccc(C)o1.I. The summed E-state index contributed by atoms with van der Waals surface area (Å²) in [6.07, 6.45) is 0. The number of halogens is 1. The van der Waals surface area contributed by atoms with Crippen LogP contribution in [0.4, 0.5) is 0 Å². The lowest BCUT2D eigenvalue weighted by Crippen LogP contribution is -2.38. The Kier molecular flexibility index (Phi) is 7.67. The Balaban J connectivity index is 0.00000264. The largest absolute Gasteiger partial charge is 0.466 e. The fourth-order valence-electron chi connectivity index (χ4n) is 2.29. The number of nitrogens with one attached hydrogen (secondary N) is 2. The van der Waals surface area contributed by atoms with Crippen LogP contribution in [-0.4, -0.2) is 12.5 Å². The number of nitrogens with zero attached hydrogens (tertiary/aromatic N) is 1. The second-order valence-electron chi connectivity index (χ2n) is 5.45. The Bertz CT molecular complexity index is 646. The Morgan fingerprint density at radius 1 is 1.17 bits per heavy atom. The first kappa shape index (κ1) is 19.6. The van der Waals surface area contributed by atoms with E-state index < -0.39 is 0 Å². The van der Waals surface area contributed by atoms with Crippen molar-refractivity contribution in [3.05, 3.63) is 46.8 Å². The van der Waals surface area contributed by atoms with Gasteiger partial charge in [0, 0.05) is 12.1 Å². The van der Waals surface area contributed by atoms with E-state index in [9.17, 15) is 0 Å². The zero-order valence-corrected chi connectivity index (χ0v) is 16.7. The number of hydrogen-bond donors (Lipinski definition) is 2. The molecule has 1 atom stereocenters. The molecule has 0 saturated carbocycles. The van der Waals surface area contributed by atoms with E-state index in [0.29, 0.717) is 6.54 Å². The molecule has 0 aliphatic heterocycles. The molecule has 6 heteroatoms. The number of hydrogen-bond acceptors (Lipinski definition) is 3. The molecule has 0 aromatic carbocycles. The molecule has 2 rings (SSSR count). The first-order chi connectivity index (χ1) is 10.5. The number of furan rings is 2. The monoisotopic (exact) mass is 431 g/mol. The van der Waals surface area contributed by atoms with Crippen LogP contribution < -0.4 is 10.6 Å². The predicted octanol–water partition coefficient (Wildman–Crippen LogP) is 4.23. The van der Waals surface area contributed by atoms with Crippen LogP contribution in [0, 0.1) is 20.8 Å². The van der Waals surface area contributed by atoms with Gasteiger partial charge in [0.25, 0.3) is 0 Å². The molecule has 0 radical (unpaired) electrons. The second kappa shape index (κ2) is 9.00. The highest BCUT2D eigenvalue weighted by atomic mass is 127. The van der Waals surface area contributed by atoms with Gasteiger partial charge in [0.2, 0.25) is 0 Å². The summed E-state index contributed by atoms with van der Waals surface area (Å²) in [5, 5.41) is 6.61. The highest BCUT2D eigenvalue weighted by Crippen LogP contribution is 2.16. The molecule has 1 unspecified atom stereocenters. The summed E-state index contributed by atoms with van der Waals surface area (Å²) in [6, 6.07) is 6.04. The smallest absolute Gasteiger partial charge is 0.192 e. The normalized spacial score (nSPS) is 12.7. The van der Waals surface area contributed by atoms with Crippen LogP contribution in [0.15, 0.2) is 32.0 Å². The summed E-state index contributed by atoms with van der Waals surface area (Å²) in [4.78, 5) is 4.62. The Morgan fingerprint density at radius 3 is 2.43 bits per heavy atom. The maximum Gasteiger partial charge on any atom is 0.192 e. The van der Waals surface area contributed by atoms with Crippen molar-refractivity contribution in [1.29, 1.82) is 0 Å². The average Bonchev–Trinajstić information content (AvgIpc) is 3.02. The van der Waals surface area contributed by atoms with Crippen molar-refractivity contribution < 1.29 is 8.83 Å². The Hall–Kier alpha value is -1.44. The molecule has 2 heterocycles. The fourth-order valence-corrected chi connectivity index (χ4v) is 2.29. The number of aryl methyl sites for hydroxylation is 3. The van der Waals surface area contributed by atoms with Crippen molar-refractivity contribution in [2.75, 3.05) is 6.54 Å². The molecule has 5 nitrogen and oxygen atoms in total. The maximum atomic E-state index is 5.65. The Labute approximate surface area is 155 Å². The predicted molar refractivity (Wildman–Crippen MR) is 103 cm³/mol. The van der Waals surface area contributed by atoms with Crippen LogP contribution in [0.2, 0.25) is 0 Å². The van der Waals surface area contributed by atoms with Gasteiger partial charge in [0.1, 0.15) is 23.0 Å². The summed E-state index contributed by atoms with van der Waals surface area (Å²) in [5.41, 5.74) is 1.11. The molecule has 0 spiro atoms. The maximum absolute atomic E-state index is 5.65. The van der Waals surface area contributed by atoms with Crippen LogP contribution >= 0.6 is 24.0 Å². The van der Waals surface area contributed by atoms with Gasteiger partial charge in [0.15, 0.2) is 5.96 Å². The molecule has 2 aromatic heterocycles. The van der Waals surface area contributed by atoms with E-state index in [1.165, 1.54) is 0 Å². The Morgan fingerprint density at radius 2 is 1.91 bits per heavy atom. The topological polar surface area (TPSA) is 62.7 Å². The summed E-state index contributed by atoms with van der Waals surface area (Å²) in [5.74, 6) is 4.42. The fraction of sp³-hybridized carbons (Fsp3) is 0.471. The summed E-state index contributed by atoms with van der Waals surface area (Å²) < 4.78 is 11.2. The van der Waals surface area contributed by atoms with Gasteiger partial charge in [-0.2, -0.15) is 0 Å². The molecular weight excluding hydrogens is 405 g/mol. The zero-order valence-electron chi connectivity index (χ0n) is 14.4. The van der Waals surface area contributed by atoms with Gasteiger partial charge in [0.05, 0.1) is 12.6 Å². The minimum atomic E-state index is 0. The zero-order chi connectivity index (χ0) is 16.1. The van der Waals surface area contributed by atoms with Crippen molar-refractivity contribution in [2.24, 2.45) is 4.99 Å². The van der Waals surface area contributed by atoms with Crippen molar-refractivity contribution in [2.45, 2.75) is 47.2 Å². The van der Waals surface area contributed by atoms with Crippen LogP contribution in [0.5, 0.6) is 0 Å². The van der Waals surface area contributed by atoms with E-state index in [4.69, 9.17) is 8.83 Å². The van der Waals surface area contributed by atoms with Crippen molar-refractivity contribution in [3.63, 3.8) is 0 Å². The number of guanidine groups is 1. The third kappa shape index (κ3) is 5.60. The van der Waals surface area contributed by atoms with E-state index >= 15 is 0 Å². The van der Waals surface area contributed by atoms with Gasteiger partial charge >= 0.3 is 0 Å². The molecule has 0 bridgehead atoms. The average molecular weight is 431 g/mol. The molecule has 128 valence electrons. The molecule has 2 aromatic rings. The number of aliphatic imine (C=N–C) groups is 1. The van der Waals surface area contributed by atoms with Gasteiger partial charge in [-0.1, -0.05) is 0 Å². The minimum Gasteiger partial charge on any atom is -0.466 e. The molecular formula is C17H26IN3O2. The van der Waals surface area contributed by atoms with Crippen molar-refractivity contribution in [1.82, 2.24) is 10.6 Å². The summed E-state index contributed by atoms with van der Waals surface area (Å²) >= 11 is 0. The molecule has 0 saturated heterocycles. The quantitative estimate of drug-likeness (QED) is 0.423. The number of rotatable bonds is 5. The van der Waals surface area contributed by atoms with E-state index in [-0.39, 0.29) is 30.0 Å². The summed E-state index contributed by atoms with van der Waals surface area (Å²) in [6.45, 7) is 11.4. The van der Waals surface area contributed by atoms with Crippen LogP contribution in [0.25, 0.3) is 0 Å². The molecule has 23 heavy (non-hydrogen) atoms. The highest BCUT2D eigenvalue weighted by Gasteiger charge is 2.11. The standard InChI is InChI=1S/C17H25N3O2.HI/c1-6-18-17(19-10-15-9-12(3)21-14(15)5)20-13(4)16-8-7-11(2)22-16;/h7-9,13H,6,10H2,1-5H3,(H2,18,19,20);1H. The van der Waals surface area contributed by atoms with Crippen LogP contribution in [0.1, 0.15) is 48.5 Å². The lowest BCUT2D eigenvalue weighted by molar-refractivity contribution is 0.441. The highest BCUT2D eigenvalue weighted by molar-refractivity contribution is 14.0. The third-order valence-corrected chi connectivity index (χ3v) is 3.44. The van der Waals surface area contributed by atoms with E-state index in [0.717, 1.165) is 41.1 Å². The summed E-state index contributed by atoms with van der Waals surface area (Å²) in [7, 11) is 0. The molecule has 0 amide bonds. The molecule has 0 aliphatic carbocycles. The van der Waals surface area contributed by atoms with Crippen LogP contribution in [0.3, 0.4) is 0 Å². The van der Waals surface area contributed by atoms with Gasteiger partial charge in [-0.3, -0.25) is 0 Å². The van der Waals surface area contributed by atoms with Gasteiger partial charge in [-0.05, 0) is 52.8 Å². The van der Waals surface area contributed by atoms with Crippen LogP contribution in [-0.2, 0) is 6.54 Å².